The Bertz CT molecular complexity index is 1300. The van der Waals surface area contributed by atoms with E-state index in [1.54, 1.807) is 24.3 Å². The van der Waals surface area contributed by atoms with E-state index >= 15 is 0 Å². The average molecular weight is 575 g/mol. The molecule has 0 radical (unpaired) electrons. The standard InChI is InChI=1S/C34H42N2O6/c1-33(23-40-24-33)20-7-8-25-10-12-26(13-11-25)14-15-27-16-18-28(19-17-27)31(38)36(4)34(2,32(39)35-3)29(37)22-42-30-9-5-6-21-41-30/h10-13,16-19,30H,5-9,20-24H2,1-4H3,(H,35,39)/t30?,34-/m1/s1. The Labute approximate surface area is 249 Å². The first-order valence-corrected chi connectivity index (χ1v) is 14.7. The molecule has 0 aromatic heterocycles. The lowest BCUT2D eigenvalue weighted by molar-refractivity contribution is -0.174. The van der Waals surface area contributed by atoms with E-state index in [2.05, 4.69) is 36.2 Å². The normalized spacial score (nSPS) is 18.9. The molecule has 2 atom stereocenters. The van der Waals surface area contributed by atoms with Crippen LogP contribution >= 0.6 is 0 Å². The number of carbonyl (C=O) groups excluding carboxylic acids is 3. The van der Waals surface area contributed by atoms with Gasteiger partial charge in [0, 0.05) is 42.8 Å². The van der Waals surface area contributed by atoms with Crippen LogP contribution in [0.1, 0.15) is 73.0 Å². The summed E-state index contributed by atoms with van der Waals surface area (Å²) in [6, 6.07) is 15.1. The Morgan fingerprint density at radius 3 is 2.24 bits per heavy atom. The molecule has 2 saturated heterocycles. The topological polar surface area (TPSA) is 94.2 Å². The van der Waals surface area contributed by atoms with E-state index in [0.29, 0.717) is 24.0 Å². The quantitative estimate of drug-likeness (QED) is 0.320. The second kappa shape index (κ2) is 14.1. The largest absolute Gasteiger partial charge is 0.380 e. The van der Waals surface area contributed by atoms with Crippen molar-refractivity contribution in [2.75, 3.05) is 40.5 Å². The van der Waals surface area contributed by atoms with E-state index in [0.717, 1.165) is 50.0 Å². The zero-order valence-electron chi connectivity index (χ0n) is 25.2. The van der Waals surface area contributed by atoms with Gasteiger partial charge in [0.05, 0.1) is 13.2 Å². The van der Waals surface area contributed by atoms with Crippen LogP contribution < -0.4 is 5.32 Å². The maximum absolute atomic E-state index is 13.4. The molecule has 2 aliphatic rings. The van der Waals surface area contributed by atoms with Gasteiger partial charge in [0.1, 0.15) is 6.61 Å². The number of hydrogen-bond acceptors (Lipinski definition) is 6. The Hall–Kier alpha value is -3.51. The van der Waals surface area contributed by atoms with Gasteiger partial charge in [-0.05, 0) is 87.4 Å². The van der Waals surface area contributed by atoms with E-state index in [9.17, 15) is 14.4 Å². The predicted octanol–water partition coefficient (Wildman–Crippen LogP) is 4.13. The second-order valence-electron chi connectivity index (χ2n) is 11.7. The molecule has 2 heterocycles. The number of Topliss-reactive ketones (excluding diaryl/α,β-unsaturated/α-hetero) is 1. The summed E-state index contributed by atoms with van der Waals surface area (Å²) in [5, 5.41) is 2.51. The van der Waals surface area contributed by atoms with Crippen molar-refractivity contribution in [2.45, 2.75) is 64.2 Å². The van der Waals surface area contributed by atoms with E-state index in [4.69, 9.17) is 14.2 Å². The van der Waals surface area contributed by atoms with Gasteiger partial charge in [0.2, 0.25) is 0 Å². The van der Waals surface area contributed by atoms with Gasteiger partial charge in [-0.15, -0.1) is 0 Å². The fourth-order valence-corrected chi connectivity index (χ4v) is 5.17. The summed E-state index contributed by atoms with van der Waals surface area (Å²) in [6.45, 7) is 5.70. The van der Waals surface area contributed by atoms with Crippen LogP contribution in [0.3, 0.4) is 0 Å². The third kappa shape index (κ3) is 7.65. The zero-order valence-corrected chi connectivity index (χ0v) is 25.2. The van der Waals surface area contributed by atoms with Crippen LogP contribution in [-0.2, 0) is 30.2 Å². The highest BCUT2D eigenvalue weighted by Crippen LogP contribution is 2.32. The number of likely N-dealkylation sites (N-methyl/N-ethyl adjacent to an activating group) is 2. The molecule has 0 bridgehead atoms. The van der Waals surface area contributed by atoms with Crippen molar-refractivity contribution in [1.82, 2.24) is 10.2 Å². The first-order valence-electron chi connectivity index (χ1n) is 14.7. The van der Waals surface area contributed by atoms with Crippen molar-refractivity contribution < 1.29 is 28.6 Å². The molecule has 1 N–H and O–H groups in total. The number of nitrogens with zero attached hydrogens (tertiary/aromatic N) is 1. The lowest BCUT2D eigenvalue weighted by Crippen LogP contribution is -2.62. The number of aryl methyl sites for hydroxylation is 1. The minimum atomic E-state index is -1.76. The molecule has 2 aliphatic heterocycles. The van der Waals surface area contributed by atoms with Gasteiger partial charge in [-0.3, -0.25) is 14.4 Å². The van der Waals surface area contributed by atoms with Crippen LogP contribution in [0.2, 0.25) is 0 Å². The van der Waals surface area contributed by atoms with Crippen molar-refractivity contribution in [3.8, 4) is 11.8 Å². The van der Waals surface area contributed by atoms with Crippen molar-refractivity contribution in [3.05, 3.63) is 70.8 Å². The van der Waals surface area contributed by atoms with Gasteiger partial charge in [-0.2, -0.15) is 0 Å². The molecular weight excluding hydrogens is 532 g/mol. The number of amides is 2. The number of benzene rings is 2. The molecular formula is C34H42N2O6. The van der Waals surface area contributed by atoms with Crippen LogP contribution in [0.5, 0.6) is 0 Å². The number of ether oxygens (including phenoxy) is 3. The average Bonchev–Trinajstić information content (AvgIpc) is 3.01. The lowest BCUT2D eigenvalue weighted by atomic mass is 9.83. The number of ketones is 1. The fourth-order valence-electron chi connectivity index (χ4n) is 5.17. The van der Waals surface area contributed by atoms with Crippen LogP contribution in [0.4, 0.5) is 0 Å². The van der Waals surface area contributed by atoms with Crippen LogP contribution in [0.25, 0.3) is 0 Å². The predicted molar refractivity (Wildman–Crippen MR) is 160 cm³/mol. The molecule has 2 aromatic rings. The molecule has 2 amide bonds. The molecule has 8 heteroatoms. The SMILES string of the molecule is CNC(=O)[C@@](C)(C(=O)COC1CCCCO1)N(C)C(=O)c1ccc(C#Cc2ccc(CCCC3(C)COC3)cc2)cc1. The number of rotatable bonds is 11. The van der Waals surface area contributed by atoms with Crippen LogP contribution in [-0.4, -0.2) is 74.8 Å². The highest BCUT2D eigenvalue weighted by Gasteiger charge is 2.46. The third-order valence-electron chi connectivity index (χ3n) is 8.31. The summed E-state index contributed by atoms with van der Waals surface area (Å²) < 4.78 is 16.5. The van der Waals surface area contributed by atoms with E-state index in [1.165, 1.54) is 37.9 Å². The van der Waals surface area contributed by atoms with E-state index in [-0.39, 0.29) is 6.61 Å². The monoisotopic (exact) mass is 574 g/mol. The highest BCUT2D eigenvalue weighted by molar-refractivity contribution is 6.14. The maximum atomic E-state index is 13.4. The molecule has 224 valence electrons. The van der Waals surface area contributed by atoms with Crippen molar-refractivity contribution in [2.24, 2.45) is 5.41 Å². The molecule has 42 heavy (non-hydrogen) atoms. The maximum Gasteiger partial charge on any atom is 0.254 e. The van der Waals surface area contributed by atoms with Gasteiger partial charge in [-0.25, -0.2) is 0 Å². The van der Waals surface area contributed by atoms with E-state index < -0.39 is 29.4 Å². The smallest absolute Gasteiger partial charge is 0.254 e. The van der Waals surface area contributed by atoms with Gasteiger partial charge in [0.25, 0.3) is 11.8 Å². The minimum absolute atomic E-state index is 0.337. The third-order valence-corrected chi connectivity index (χ3v) is 8.31. The zero-order chi connectivity index (χ0) is 30.2. The molecule has 2 aromatic carbocycles. The summed E-state index contributed by atoms with van der Waals surface area (Å²) in [7, 11) is 2.89. The summed E-state index contributed by atoms with van der Waals surface area (Å²) >= 11 is 0. The van der Waals surface area contributed by atoms with Gasteiger partial charge >= 0.3 is 0 Å². The molecule has 4 rings (SSSR count). The number of nitrogens with one attached hydrogen (secondary N) is 1. The van der Waals surface area contributed by atoms with Gasteiger partial charge in [-0.1, -0.05) is 30.9 Å². The van der Waals surface area contributed by atoms with Crippen molar-refractivity contribution >= 4 is 17.6 Å². The number of hydrogen-bond donors (Lipinski definition) is 1. The molecule has 0 saturated carbocycles. The summed E-state index contributed by atoms with van der Waals surface area (Å²) in [6.07, 6.45) is 5.47. The Morgan fingerprint density at radius 1 is 1.05 bits per heavy atom. The lowest BCUT2D eigenvalue weighted by Gasteiger charge is -2.38. The van der Waals surface area contributed by atoms with Crippen LogP contribution in [0, 0.1) is 17.3 Å². The van der Waals surface area contributed by atoms with Crippen molar-refractivity contribution in [1.29, 1.82) is 0 Å². The second-order valence-corrected chi connectivity index (χ2v) is 11.7. The van der Waals surface area contributed by atoms with Gasteiger partial charge < -0.3 is 24.4 Å². The molecule has 1 unspecified atom stereocenters. The summed E-state index contributed by atoms with van der Waals surface area (Å²) in [5.74, 6) is 4.74. The Kier molecular flexibility index (Phi) is 10.6. The number of carbonyl (C=O) groups is 3. The molecule has 0 spiro atoms. The van der Waals surface area contributed by atoms with Crippen LogP contribution in [0.15, 0.2) is 48.5 Å². The molecule has 2 fully saturated rings. The summed E-state index contributed by atoms with van der Waals surface area (Å²) in [5.41, 5.74) is 1.90. The summed E-state index contributed by atoms with van der Waals surface area (Å²) in [4.78, 5) is 40.6. The first-order chi connectivity index (χ1) is 20.1. The Morgan fingerprint density at radius 2 is 1.69 bits per heavy atom. The first kappa shape index (κ1) is 31.4. The highest BCUT2D eigenvalue weighted by atomic mass is 16.7. The minimum Gasteiger partial charge on any atom is -0.380 e. The van der Waals surface area contributed by atoms with E-state index in [1.807, 2.05) is 12.1 Å². The molecule has 8 nitrogen and oxygen atoms in total. The fraction of sp³-hybridized carbons (Fsp3) is 0.500. The molecule has 0 aliphatic carbocycles. The van der Waals surface area contributed by atoms with Gasteiger partial charge in [0.15, 0.2) is 17.6 Å². The Balaban J connectivity index is 1.35. The van der Waals surface area contributed by atoms with Crippen molar-refractivity contribution in [3.63, 3.8) is 0 Å².